The Hall–Kier alpha value is -3.16. The number of alkyl halides is 3. The van der Waals surface area contributed by atoms with Gasteiger partial charge >= 0.3 is 6.18 Å². The number of ether oxygens (including phenoxy) is 3. The lowest BCUT2D eigenvalue weighted by molar-refractivity contribution is -0.0608. The fraction of sp³-hybridized carbons (Fsp3) is 0.400. The molecule has 8 heteroatoms. The maximum absolute atomic E-state index is 13.2. The summed E-state index contributed by atoms with van der Waals surface area (Å²) in [5.74, 6) is 1.87. The average Bonchev–Trinajstić information content (AvgIpc) is 2.75. The lowest BCUT2D eigenvalue weighted by Gasteiger charge is -2.18. The molecule has 1 unspecified atom stereocenters. The first kappa shape index (κ1) is 26.1. The van der Waals surface area contributed by atoms with Crippen LogP contribution in [0.1, 0.15) is 30.5 Å². The van der Waals surface area contributed by atoms with E-state index in [0.29, 0.717) is 19.0 Å². The number of benzene rings is 2. The second-order valence-corrected chi connectivity index (χ2v) is 7.64. The number of rotatable bonds is 11. The van der Waals surface area contributed by atoms with Crippen LogP contribution in [-0.4, -0.2) is 38.8 Å². The van der Waals surface area contributed by atoms with Crippen LogP contribution in [0.5, 0.6) is 17.2 Å². The summed E-state index contributed by atoms with van der Waals surface area (Å²) in [7, 11) is 1.07. The van der Waals surface area contributed by atoms with Gasteiger partial charge in [0.2, 0.25) is 0 Å². The summed E-state index contributed by atoms with van der Waals surface area (Å²) < 4.78 is 57.0. The van der Waals surface area contributed by atoms with Crippen molar-refractivity contribution >= 4 is 5.71 Å². The zero-order valence-corrected chi connectivity index (χ0v) is 19.5. The normalized spacial score (nSPS) is 13.2. The van der Waals surface area contributed by atoms with E-state index < -0.39 is 11.9 Å². The van der Waals surface area contributed by atoms with Crippen LogP contribution in [0.4, 0.5) is 13.2 Å². The van der Waals surface area contributed by atoms with E-state index in [9.17, 15) is 13.2 Å². The maximum Gasteiger partial charge on any atom is 0.437 e. The predicted molar refractivity (Wildman–Crippen MR) is 122 cm³/mol. The summed E-state index contributed by atoms with van der Waals surface area (Å²) in [6.07, 6.45) is -0.779. The van der Waals surface area contributed by atoms with Gasteiger partial charge in [0.15, 0.2) is 5.71 Å². The average molecular weight is 466 g/mol. The summed E-state index contributed by atoms with van der Waals surface area (Å²) in [4.78, 5) is 4.35. The van der Waals surface area contributed by atoms with Crippen molar-refractivity contribution in [3.63, 3.8) is 0 Å². The molecule has 0 aliphatic carbocycles. The molecule has 33 heavy (non-hydrogen) atoms. The van der Waals surface area contributed by atoms with Gasteiger partial charge in [0, 0.05) is 11.5 Å². The highest BCUT2D eigenvalue weighted by Crippen LogP contribution is 2.29. The predicted octanol–water partition coefficient (Wildman–Crippen LogP) is 6.27. The number of allylic oxidation sites excluding steroid dienone is 1. The first-order valence-corrected chi connectivity index (χ1v) is 10.5. The minimum atomic E-state index is -4.64. The van der Waals surface area contributed by atoms with E-state index in [2.05, 4.69) is 9.99 Å². The number of hydrogen-bond acceptors (Lipinski definition) is 5. The van der Waals surface area contributed by atoms with Crippen LogP contribution in [0, 0.1) is 19.8 Å². The van der Waals surface area contributed by atoms with Crippen molar-refractivity contribution in [2.45, 2.75) is 33.9 Å². The minimum Gasteiger partial charge on any atom is -0.493 e. The summed E-state index contributed by atoms with van der Waals surface area (Å²) in [5, 5.41) is 3.11. The molecule has 0 saturated carbocycles. The number of halogens is 3. The van der Waals surface area contributed by atoms with Crippen LogP contribution < -0.4 is 14.2 Å². The first-order chi connectivity index (χ1) is 15.7. The molecular formula is C25H30F3NO4. The molecule has 0 aliphatic heterocycles. The third-order valence-electron chi connectivity index (χ3n) is 4.62. The Kier molecular flexibility index (Phi) is 9.63. The van der Waals surface area contributed by atoms with Crippen LogP contribution in [0.15, 0.2) is 53.7 Å². The molecule has 0 heterocycles. The van der Waals surface area contributed by atoms with Crippen LogP contribution in [0.25, 0.3) is 0 Å². The lowest BCUT2D eigenvalue weighted by atomic mass is 10.1. The summed E-state index contributed by atoms with van der Waals surface area (Å²) in [6, 6.07) is 9.53. The molecule has 0 aliphatic rings. The van der Waals surface area contributed by atoms with Gasteiger partial charge in [0.1, 0.15) is 31.0 Å². The maximum atomic E-state index is 13.2. The molecule has 1 atom stereocenters. The Bertz CT molecular complexity index is 947. The Morgan fingerprint density at radius 2 is 1.67 bits per heavy atom. The molecule has 0 aromatic heterocycles. The Morgan fingerprint density at radius 3 is 2.27 bits per heavy atom. The third-order valence-corrected chi connectivity index (χ3v) is 4.62. The standard InChI is InChI=1S/C25H30F3NO4/c1-6-7-11-31-22-12-18(3)23(19(4)13-22)33-16-17(2)15-32-21-10-8-9-20(14-21)24(29-30-5)25(26,27)28/h6-10,12-14,17H,11,15-16H2,1-5H3/b7-6+,29-24-. The fourth-order valence-corrected chi connectivity index (χ4v) is 3.07. The second-order valence-electron chi connectivity index (χ2n) is 7.64. The van der Waals surface area contributed by atoms with Gasteiger partial charge in [-0.1, -0.05) is 36.4 Å². The highest BCUT2D eigenvalue weighted by Gasteiger charge is 2.38. The Balaban J connectivity index is 1.96. The van der Waals surface area contributed by atoms with Crippen molar-refractivity contribution in [3.05, 3.63) is 65.2 Å². The summed E-state index contributed by atoms with van der Waals surface area (Å²) in [5.41, 5.74) is 0.677. The van der Waals surface area contributed by atoms with Crippen LogP contribution in [0.3, 0.4) is 0 Å². The van der Waals surface area contributed by atoms with Gasteiger partial charge in [-0.2, -0.15) is 13.2 Å². The molecule has 0 bridgehead atoms. The van der Waals surface area contributed by atoms with Gasteiger partial charge in [-0.25, -0.2) is 0 Å². The van der Waals surface area contributed by atoms with Crippen LogP contribution in [-0.2, 0) is 4.84 Å². The van der Waals surface area contributed by atoms with E-state index in [1.807, 2.05) is 52.0 Å². The topological polar surface area (TPSA) is 49.3 Å². The number of hydrogen-bond donors (Lipinski definition) is 0. The van der Waals surface area contributed by atoms with E-state index in [4.69, 9.17) is 14.2 Å². The third kappa shape index (κ3) is 8.04. The largest absolute Gasteiger partial charge is 0.493 e. The molecular weight excluding hydrogens is 435 g/mol. The molecule has 180 valence electrons. The number of nitrogens with zero attached hydrogens (tertiary/aromatic N) is 1. The SMILES string of the molecule is C/C=C/COc1cc(C)c(OCC(C)COc2cccc(/C(=N/OC)C(F)(F)F)c2)c(C)c1. The molecule has 0 spiro atoms. The minimum absolute atomic E-state index is 0.00666. The Labute approximate surface area is 192 Å². The second kappa shape index (κ2) is 12.2. The molecule has 0 amide bonds. The first-order valence-electron chi connectivity index (χ1n) is 10.5. The molecule has 0 N–H and O–H groups in total. The highest BCUT2D eigenvalue weighted by atomic mass is 19.4. The number of oxime groups is 1. The van der Waals surface area contributed by atoms with Crippen molar-refractivity contribution in [1.29, 1.82) is 0 Å². The van der Waals surface area contributed by atoms with E-state index in [1.54, 1.807) is 6.07 Å². The van der Waals surface area contributed by atoms with Gasteiger partial charge in [0.25, 0.3) is 0 Å². The molecule has 2 aromatic carbocycles. The molecule has 0 saturated heterocycles. The van der Waals surface area contributed by atoms with E-state index in [-0.39, 0.29) is 18.1 Å². The molecule has 5 nitrogen and oxygen atoms in total. The smallest absolute Gasteiger partial charge is 0.437 e. The van der Waals surface area contributed by atoms with Crippen molar-refractivity contribution in [2.24, 2.45) is 11.1 Å². The van der Waals surface area contributed by atoms with E-state index in [1.165, 1.54) is 18.2 Å². The van der Waals surface area contributed by atoms with E-state index >= 15 is 0 Å². The molecule has 0 radical (unpaired) electrons. The van der Waals surface area contributed by atoms with Gasteiger partial charge in [-0.05, 0) is 56.2 Å². The quantitative estimate of drug-likeness (QED) is 0.223. The fourth-order valence-electron chi connectivity index (χ4n) is 3.07. The monoisotopic (exact) mass is 465 g/mol. The van der Waals surface area contributed by atoms with Crippen molar-refractivity contribution in [3.8, 4) is 17.2 Å². The van der Waals surface area contributed by atoms with Crippen molar-refractivity contribution in [2.75, 3.05) is 26.9 Å². The molecule has 2 rings (SSSR count). The molecule has 0 fully saturated rings. The van der Waals surface area contributed by atoms with Gasteiger partial charge < -0.3 is 19.0 Å². The summed E-state index contributed by atoms with van der Waals surface area (Å²) in [6.45, 7) is 8.96. The lowest BCUT2D eigenvalue weighted by Crippen LogP contribution is -2.24. The Morgan fingerprint density at radius 1 is 1.00 bits per heavy atom. The van der Waals surface area contributed by atoms with Crippen molar-refractivity contribution in [1.82, 2.24) is 0 Å². The van der Waals surface area contributed by atoms with E-state index in [0.717, 1.165) is 29.7 Å². The van der Waals surface area contributed by atoms with Gasteiger partial charge in [0.05, 0.1) is 13.2 Å². The summed E-state index contributed by atoms with van der Waals surface area (Å²) >= 11 is 0. The van der Waals surface area contributed by atoms with Crippen molar-refractivity contribution < 1.29 is 32.2 Å². The highest BCUT2D eigenvalue weighted by molar-refractivity contribution is 6.04. The molecule has 2 aromatic rings. The number of aryl methyl sites for hydroxylation is 2. The zero-order valence-electron chi connectivity index (χ0n) is 19.5. The van der Waals surface area contributed by atoms with Gasteiger partial charge in [-0.15, -0.1) is 0 Å². The van der Waals surface area contributed by atoms with Gasteiger partial charge in [-0.3, -0.25) is 0 Å². The van der Waals surface area contributed by atoms with Crippen LogP contribution >= 0.6 is 0 Å². The van der Waals surface area contributed by atoms with Crippen LogP contribution in [0.2, 0.25) is 0 Å². The zero-order chi connectivity index (χ0) is 24.4.